The lowest BCUT2D eigenvalue weighted by atomic mass is 10.00. The minimum Gasteiger partial charge on any atom is -0.459 e. The number of carbonyl (C=O) groups excluding carboxylic acids is 2. The van der Waals surface area contributed by atoms with E-state index in [0.29, 0.717) is 36.4 Å². The molecule has 2 fully saturated rings. The highest BCUT2D eigenvalue weighted by Gasteiger charge is 2.33. The number of likely N-dealkylation sites (tertiary alicyclic amines) is 1. The summed E-state index contributed by atoms with van der Waals surface area (Å²) in [7, 11) is 3.86. The molecule has 7 nitrogen and oxygen atoms in total. The van der Waals surface area contributed by atoms with Crippen molar-refractivity contribution in [1.29, 1.82) is 0 Å². The Kier molecular flexibility index (Phi) is 6.43. The monoisotopic (exact) mass is 424 g/mol. The third kappa shape index (κ3) is 4.52. The number of piperazine rings is 1. The maximum Gasteiger partial charge on any atom is 0.293 e. The van der Waals surface area contributed by atoms with Gasteiger partial charge in [-0.25, -0.2) is 0 Å². The van der Waals surface area contributed by atoms with Gasteiger partial charge in [0.1, 0.15) is 0 Å². The van der Waals surface area contributed by atoms with Crippen molar-refractivity contribution in [2.45, 2.75) is 31.8 Å². The van der Waals surface area contributed by atoms with Gasteiger partial charge in [0, 0.05) is 38.8 Å². The topological polar surface area (TPSA) is 60.2 Å². The molecular weight excluding hydrogens is 392 g/mol. The maximum absolute atomic E-state index is 13.4. The fourth-order valence-corrected chi connectivity index (χ4v) is 4.82. The molecule has 2 aromatic rings. The van der Waals surface area contributed by atoms with E-state index in [9.17, 15) is 9.59 Å². The zero-order valence-electron chi connectivity index (χ0n) is 18.7. The Bertz CT molecular complexity index is 905. The Morgan fingerprint density at radius 3 is 2.45 bits per heavy atom. The van der Waals surface area contributed by atoms with Crippen LogP contribution in [0.2, 0.25) is 0 Å². The molecule has 166 valence electrons. The first-order valence-corrected chi connectivity index (χ1v) is 11.1. The molecule has 0 N–H and O–H groups in total. The zero-order chi connectivity index (χ0) is 22.0. The third-order valence-electron chi connectivity index (χ3n) is 6.66. The summed E-state index contributed by atoms with van der Waals surface area (Å²) in [6.07, 6.45) is 3.86. The van der Waals surface area contributed by atoms with Crippen LogP contribution in [-0.4, -0.2) is 85.4 Å². The number of furan rings is 1. The van der Waals surface area contributed by atoms with E-state index >= 15 is 0 Å². The van der Waals surface area contributed by atoms with Crippen LogP contribution in [0.5, 0.6) is 0 Å². The summed E-state index contributed by atoms with van der Waals surface area (Å²) in [5.74, 6) is -0.0413. The van der Waals surface area contributed by atoms with Crippen molar-refractivity contribution in [3.63, 3.8) is 0 Å². The number of hydrogen-bond donors (Lipinski definition) is 0. The van der Waals surface area contributed by atoms with Gasteiger partial charge in [0.15, 0.2) is 5.76 Å². The largest absolute Gasteiger partial charge is 0.459 e. The number of nitrogens with zero attached hydrogens (tertiary/aromatic N) is 4. The molecule has 1 aromatic heterocycles. The van der Waals surface area contributed by atoms with Gasteiger partial charge in [0.05, 0.1) is 17.5 Å². The normalized spacial score (nSPS) is 21.3. The Labute approximate surface area is 184 Å². The van der Waals surface area contributed by atoms with E-state index in [2.05, 4.69) is 23.8 Å². The second-order valence-electron chi connectivity index (χ2n) is 8.73. The second kappa shape index (κ2) is 9.24. The van der Waals surface area contributed by atoms with Crippen LogP contribution in [0, 0.1) is 0 Å². The van der Waals surface area contributed by atoms with Crippen molar-refractivity contribution in [3.8, 4) is 0 Å². The summed E-state index contributed by atoms with van der Waals surface area (Å²) in [4.78, 5) is 34.6. The van der Waals surface area contributed by atoms with Crippen LogP contribution < -0.4 is 4.90 Å². The summed E-state index contributed by atoms with van der Waals surface area (Å²) < 4.78 is 5.25. The number of rotatable bonds is 4. The quantitative estimate of drug-likeness (QED) is 0.755. The lowest BCUT2D eigenvalue weighted by Crippen LogP contribution is -2.58. The van der Waals surface area contributed by atoms with Crippen LogP contribution in [0.3, 0.4) is 0 Å². The van der Waals surface area contributed by atoms with Crippen LogP contribution in [0.1, 0.15) is 40.7 Å². The minimum absolute atomic E-state index is 0.0235. The van der Waals surface area contributed by atoms with E-state index in [4.69, 9.17) is 4.42 Å². The molecule has 0 spiro atoms. The van der Waals surface area contributed by atoms with Crippen LogP contribution in [0.15, 0.2) is 47.1 Å². The van der Waals surface area contributed by atoms with Gasteiger partial charge in [-0.2, -0.15) is 0 Å². The van der Waals surface area contributed by atoms with Gasteiger partial charge in [-0.1, -0.05) is 12.1 Å². The van der Waals surface area contributed by atoms with Crippen molar-refractivity contribution in [3.05, 3.63) is 54.0 Å². The minimum atomic E-state index is -0.272. The van der Waals surface area contributed by atoms with Crippen molar-refractivity contribution in [2.24, 2.45) is 0 Å². The molecule has 0 saturated carbocycles. The van der Waals surface area contributed by atoms with Crippen LogP contribution >= 0.6 is 0 Å². The molecule has 2 aliphatic rings. The standard InChI is InChI=1S/C24H32N4O3/c1-18-17-27(14-15-28(18)19-10-12-25(2)13-11-19)23(29)20-7-4-5-8-21(20)26(3)24(30)22-9-6-16-31-22/h4-9,16,18-19H,10-15,17H2,1-3H3/t18-/m0/s1. The molecule has 2 saturated heterocycles. The summed E-state index contributed by atoms with van der Waals surface area (Å²) in [5, 5.41) is 0. The molecule has 2 amide bonds. The third-order valence-corrected chi connectivity index (χ3v) is 6.66. The molecule has 4 rings (SSSR count). The Hall–Kier alpha value is -2.64. The van der Waals surface area contributed by atoms with Crippen LogP contribution in [0.4, 0.5) is 5.69 Å². The van der Waals surface area contributed by atoms with Crippen molar-refractivity contribution in [2.75, 3.05) is 51.7 Å². The molecule has 31 heavy (non-hydrogen) atoms. The molecule has 3 heterocycles. The van der Waals surface area contributed by atoms with Gasteiger partial charge in [-0.15, -0.1) is 0 Å². The summed E-state index contributed by atoms with van der Waals surface area (Å²) in [5.41, 5.74) is 1.14. The SMILES string of the molecule is C[C@H]1CN(C(=O)c2ccccc2N(C)C(=O)c2ccco2)CCN1C1CCN(C)CC1. The van der Waals surface area contributed by atoms with Gasteiger partial charge in [-0.05, 0) is 64.2 Å². The highest BCUT2D eigenvalue weighted by atomic mass is 16.3. The highest BCUT2D eigenvalue weighted by Crippen LogP contribution is 2.26. The van der Waals surface area contributed by atoms with E-state index in [1.165, 1.54) is 24.0 Å². The number of benzene rings is 1. The number of para-hydroxylation sites is 1. The van der Waals surface area contributed by atoms with E-state index < -0.39 is 0 Å². The van der Waals surface area contributed by atoms with Gasteiger partial charge < -0.3 is 19.1 Å². The molecule has 0 unspecified atom stereocenters. The summed E-state index contributed by atoms with van der Waals surface area (Å²) >= 11 is 0. The summed E-state index contributed by atoms with van der Waals surface area (Å²) in [6, 6.07) is 11.5. The Morgan fingerprint density at radius 2 is 1.77 bits per heavy atom. The second-order valence-corrected chi connectivity index (χ2v) is 8.73. The predicted molar refractivity (Wildman–Crippen MR) is 120 cm³/mol. The molecule has 1 atom stereocenters. The lowest BCUT2D eigenvalue weighted by molar-refractivity contribution is 0.0228. The molecule has 2 aliphatic heterocycles. The smallest absolute Gasteiger partial charge is 0.293 e. The number of piperidine rings is 1. The van der Waals surface area contributed by atoms with Crippen LogP contribution in [-0.2, 0) is 0 Å². The average molecular weight is 425 g/mol. The Morgan fingerprint density at radius 1 is 1.03 bits per heavy atom. The Balaban J connectivity index is 1.46. The van der Waals surface area contributed by atoms with E-state index in [-0.39, 0.29) is 17.6 Å². The molecule has 0 radical (unpaired) electrons. The first kappa shape index (κ1) is 21.6. The fraction of sp³-hybridized carbons (Fsp3) is 0.500. The van der Waals surface area contributed by atoms with Crippen molar-refractivity contribution >= 4 is 17.5 Å². The number of carbonyl (C=O) groups is 2. The molecule has 0 aliphatic carbocycles. The molecule has 0 bridgehead atoms. The first-order chi connectivity index (χ1) is 15.0. The highest BCUT2D eigenvalue weighted by molar-refractivity contribution is 6.09. The van der Waals surface area contributed by atoms with Gasteiger partial charge >= 0.3 is 0 Å². The van der Waals surface area contributed by atoms with Crippen molar-refractivity contribution < 1.29 is 14.0 Å². The van der Waals surface area contributed by atoms with Crippen molar-refractivity contribution in [1.82, 2.24) is 14.7 Å². The van der Waals surface area contributed by atoms with Gasteiger partial charge in [0.25, 0.3) is 11.8 Å². The fourth-order valence-electron chi connectivity index (χ4n) is 4.82. The van der Waals surface area contributed by atoms with Crippen LogP contribution in [0.25, 0.3) is 0 Å². The summed E-state index contributed by atoms with van der Waals surface area (Å²) in [6.45, 7) is 6.80. The zero-order valence-corrected chi connectivity index (χ0v) is 18.7. The first-order valence-electron chi connectivity index (χ1n) is 11.1. The lowest BCUT2D eigenvalue weighted by Gasteiger charge is -2.46. The van der Waals surface area contributed by atoms with Gasteiger partial charge in [0.2, 0.25) is 0 Å². The van der Waals surface area contributed by atoms with E-state index in [0.717, 1.165) is 19.6 Å². The molecular formula is C24H32N4O3. The maximum atomic E-state index is 13.4. The average Bonchev–Trinajstić information content (AvgIpc) is 3.33. The number of amides is 2. The molecule has 7 heteroatoms. The molecule has 1 aromatic carbocycles. The van der Waals surface area contributed by atoms with E-state index in [1.54, 1.807) is 25.2 Å². The predicted octanol–water partition coefficient (Wildman–Crippen LogP) is 2.80. The van der Waals surface area contributed by atoms with E-state index in [1.807, 2.05) is 23.1 Å². The number of hydrogen-bond acceptors (Lipinski definition) is 5. The number of anilines is 1. The van der Waals surface area contributed by atoms with Gasteiger partial charge in [-0.3, -0.25) is 14.5 Å².